The number of carbonyl (C=O) groups excluding carboxylic acids is 1. The van der Waals surface area contributed by atoms with Crippen LogP contribution in [0.1, 0.15) is 21.5 Å². The van der Waals surface area contributed by atoms with Gasteiger partial charge in [0.1, 0.15) is 17.2 Å². The van der Waals surface area contributed by atoms with Crippen molar-refractivity contribution >= 4 is 22.4 Å². The number of hydrogen-bond acceptors (Lipinski definition) is 6. The Morgan fingerprint density at radius 2 is 1.58 bits per heavy atom. The molecule has 0 unspecified atom stereocenters. The summed E-state index contributed by atoms with van der Waals surface area (Å²) in [6.45, 7) is 4.05. The molecule has 0 bridgehead atoms. The van der Waals surface area contributed by atoms with Crippen LogP contribution in [0, 0.1) is 13.8 Å². The molecule has 2 aromatic heterocycles. The van der Waals surface area contributed by atoms with Crippen LogP contribution in [0.25, 0.3) is 11.3 Å². The van der Waals surface area contributed by atoms with Crippen molar-refractivity contribution in [1.82, 2.24) is 9.97 Å². The van der Waals surface area contributed by atoms with E-state index in [9.17, 15) is 4.79 Å². The molecule has 0 aliphatic heterocycles. The van der Waals surface area contributed by atoms with Crippen molar-refractivity contribution in [1.29, 1.82) is 0 Å². The topological polar surface area (TPSA) is 73.3 Å². The minimum atomic E-state index is -0.208. The molecule has 7 heteroatoms. The highest BCUT2D eigenvalue weighted by molar-refractivity contribution is 7.14. The number of nitrogens with one attached hydrogen (secondary N) is 1. The molecule has 0 aliphatic rings. The highest BCUT2D eigenvalue weighted by Crippen LogP contribution is 2.34. The lowest BCUT2D eigenvalue weighted by molar-refractivity contribution is 0.102. The first-order valence-electron chi connectivity index (χ1n) is 9.64. The number of benzene rings is 2. The third kappa shape index (κ3) is 4.73. The number of carbonyl (C=O) groups is 1. The van der Waals surface area contributed by atoms with Crippen molar-refractivity contribution in [2.24, 2.45) is 0 Å². The molecule has 4 rings (SSSR count). The number of hydrogen-bond donors (Lipinski definition) is 1. The number of anilines is 1. The molecule has 0 atom stereocenters. The number of methoxy groups -OCH3 is 1. The molecule has 4 aromatic rings. The van der Waals surface area contributed by atoms with Gasteiger partial charge < -0.3 is 9.47 Å². The van der Waals surface area contributed by atoms with Gasteiger partial charge in [-0.1, -0.05) is 0 Å². The first kappa shape index (κ1) is 20.6. The maximum Gasteiger partial charge on any atom is 0.257 e. The summed E-state index contributed by atoms with van der Waals surface area (Å²) in [6.07, 6.45) is 3.18. The van der Waals surface area contributed by atoms with Gasteiger partial charge >= 0.3 is 0 Å². The van der Waals surface area contributed by atoms with E-state index in [0.29, 0.717) is 10.7 Å². The number of nitrogens with zero attached hydrogens (tertiary/aromatic N) is 2. The standard InChI is InChI=1S/C24H21N3O3S/c1-15-12-20(30-19-6-4-18(29-3)5-7-19)13-16(2)22(15)21-14-31-24(26-21)27-23(28)17-8-10-25-11-9-17/h4-14H,1-3H3,(H,26,27,28). The van der Waals surface area contributed by atoms with E-state index in [-0.39, 0.29) is 5.91 Å². The molecule has 156 valence electrons. The van der Waals surface area contributed by atoms with Crippen LogP contribution in [0.2, 0.25) is 0 Å². The van der Waals surface area contributed by atoms with E-state index < -0.39 is 0 Å². The minimum absolute atomic E-state index is 0.208. The molecule has 0 saturated heterocycles. The molecule has 0 spiro atoms. The number of ether oxygens (including phenoxy) is 2. The van der Waals surface area contributed by atoms with E-state index in [4.69, 9.17) is 9.47 Å². The highest BCUT2D eigenvalue weighted by atomic mass is 32.1. The summed E-state index contributed by atoms with van der Waals surface area (Å²) in [5.74, 6) is 2.07. The SMILES string of the molecule is COc1ccc(Oc2cc(C)c(-c3csc(NC(=O)c4ccncc4)n3)c(C)c2)cc1. The Morgan fingerprint density at radius 1 is 0.935 bits per heavy atom. The zero-order valence-corrected chi connectivity index (χ0v) is 18.2. The van der Waals surface area contributed by atoms with Crippen LogP contribution in [0.15, 0.2) is 66.3 Å². The number of pyridine rings is 1. The third-order valence-electron chi connectivity index (χ3n) is 4.72. The fraction of sp³-hybridized carbons (Fsp3) is 0.125. The van der Waals surface area contributed by atoms with E-state index >= 15 is 0 Å². The lowest BCUT2D eigenvalue weighted by atomic mass is 10.0. The lowest BCUT2D eigenvalue weighted by Gasteiger charge is -2.12. The molecule has 2 aromatic carbocycles. The lowest BCUT2D eigenvalue weighted by Crippen LogP contribution is -2.11. The van der Waals surface area contributed by atoms with Gasteiger partial charge in [0, 0.05) is 28.9 Å². The van der Waals surface area contributed by atoms with Gasteiger partial charge in [-0.05, 0) is 73.5 Å². The van der Waals surface area contributed by atoms with E-state index in [1.54, 1.807) is 31.6 Å². The van der Waals surface area contributed by atoms with Crippen molar-refractivity contribution < 1.29 is 14.3 Å². The Morgan fingerprint density at radius 3 is 2.23 bits per heavy atom. The molecule has 2 heterocycles. The largest absolute Gasteiger partial charge is 0.497 e. The number of aryl methyl sites for hydroxylation is 2. The van der Waals surface area contributed by atoms with E-state index in [1.165, 1.54) is 11.3 Å². The van der Waals surface area contributed by atoms with Gasteiger partial charge in [-0.25, -0.2) is 4.98 Å². The Kier molecular flexibility index (Phi) is 5.95. The Bertz CT molecular complexity index is 1180. The summed E-state index contributed by atoms with van der Waals surface area (Å²) >= 11 is 1.39. The smallest absolute Gasteiger partial charge is 0.257 e. The number of aromatic nitrogens is 2. The zero-order valence-electron chi connectivity index (χ0n) is 17.4. The van der Waals surface area contributed by atoms with Crippen LogP contribution >= 0.6 is 11.3 Å². The van der Waals surface area contributed by atoms with Crippen LogP contribution in [-0.4, -0.2) is 23.0 Å². The van der Waals surface area contributed by atoms with Crippen molar-refractivity contribution in [3.8, 4) is 28.5 Å². The second-order valence-electron chi connectivity index (χ2n) is 6.94. The van der Waals surface area contributed by atoms with Crippen LogP contribution in [0.5, 0.6) is 17.2 Å². The molecule has 1 amide bonds. The van der Waals surface area contributed by atoms with Gasteiger partial charge in [-0.15, -0.1) is 11.3 Å². The molecular weight excluding hydrogens is 410 g/mol. The molecule has 6 nitrogen and oxygen atoms in total. The number of rotatable bonds is 6. The predicted molar refractivity (Wildman–Crippen MR) is 122 cm³/mol. The molecular formula is C24H21N3O3S. The van der Waals surface area contributed by atoms with Crippen LogP contribution < -0.4 is 14.8 Å². The highest BCUT2D eigenvalue weighted by Gasteiger charge is 2.14. The molecule has 1 N–H and O–H groups in total. The predicted octanol–water partition coefficient (Wildman–Crippen LogP) is 5.88. The first-order valence-corrected chi connectivity index (χ1v) is 10.5. The van der Waals surface area contributed by atoms with Crippen LogP contribution in [0.4, 0.5) is 5.13 Å². The summed E-state index contributed by atoms with van der Waals surface area (Å²) in [4.78, 5) is 20.9. The van der Waals surface area contributed by atoms with E-state index in [2.05, 4.69) is 15.3 Å². The normalized spacial score (nSPS) is 10.5. The Hall–Kier alpha value is -3.71. The van der Waals surface area contributed by atoms with Crippen molar-refractivity contribution in [2.45, 2.75) is 13.8 Å². The van der Waals surface area contributed by atoms with Gasteiger partial charge in [0.15, 0.2) is 5.13 Å². The summed E-state index contributed by atoms with van der Waals surface area (Å²) in [7, 11) is 1.63. The molecule has 0 aliphatic carbocycles. The first-order chi connectivity index (χ1) is 15.0. The Balaban J connectivity index is 1.52. The maximum atomic E-state index is 12.4. The van der Waals surface area contributed by atoms with Gasteiger partial charge in [0.25, 0.3) is 5.91 Å². The maximum absolute atomic E-state index is 12.4. The summed E-state index contributed by atoms with van der Waals surface area (Å²) in [5, 5.41) is 5.34. The van der Waals surface area contributed by atoms with Gasteiger partial charge in [0.2, 0.25) is 0 Å². The summed E-state index contributed by atoms with van der Waals surface area (Å²) in [6, 6.07) is 14.8. The quantitative estimate of drug-likeness (QED) is 0.413. The average molecular weight is 432 g/mol. The van der Waals surface area contributed by atoms with E-state index in [0.717, 1.165) is 39.6 Å². The molecule has 0 fully saturated rings. The average Bonchev–Trinajstić information content (AvgIpc) is 3.22. The second kappa shape index (κ2) is 8.97. The zero-order chi connectivity index (χ0) is 21.8. The van der Waals surface area contributed by atoms with Gasteiger partial charge in [-0.2, -0.15) is 0 Å². The van der Waals surface area contributed by atoms with Gasteiger partial charge in [0.05, 0.1) is 12.8 Å². The molecule has 31 heavy (non-hydrogen) atoms. The third-order valence-corrected chi connectivity index (χ3v) is 5.48. The van der Waals surface area contributed by atoms with Crippen molar-refractivity contribution in [2.75, 3.05) is 12.4 Å². The minimum Gasteiger partial charge on any atom is -0.497 e. The van der Waals surface area contributed by atoms with Crippen molar-refractivity contribution in [3.63, 3.8) is 0 Å². The van der Waals surface area contributed by atoms with Crippen LogP contribution in [0.3, 0.4) is 0 Å². The summed E-state index contributed by atoms with van der Waals surface area (Å²) in [5.41, 5.74) is 4.48. The molecule has 0 radical (unpaired) electrons. The van der Waals surface area contributed by atoms with Gasteiger partial charge in [-0.3, -0.25) is 15.1 Å². The summed E-state index contributed by atoms with van der Waals surface area (Å²) < 4.78 is 11.2. The Labute approximate surface area is 184 Å². The number of amides is 1. The second-order valence-corrected chi connectivity index (χ2v) is 7.80. The fourth-order valence-corrected chi connectivity index (χ4v) is 3.98. The molecule has 0 saturated carbocycles. The number of thiazole rings is 1. The van der Waals surface area contributed by atoms with Crippen molar-refractivity contribution in [3.05, 3.63) is 83.0 Å². The van der Waals surface area contributed by atoms with Crippen LogP contribution in [-0.2, 0) is 0 Å². The van der Waals surface area contributed by atoms with E-state index in [1.807, 2.05) is 55.6 Å². The fourth-order valence-electron chi connectivity index (χ4n) is 3.29. The monoisotopic (exact) mass is 431 g/mol.